The number of aromatic nitrogens is 3. The van der Waals surface area contributed by atoms with E-state index >= 15 is 0 Å². The maximum absolute atomic E-state index is 12.5. The Labute approximate surface area is 152 Å². The number of nitrogens with one attached hydrogen (secondary N) is 1. The molecule has 0 bridgehead atoms. The Balaban J connectivity index is 1.41. The molecule has 26 heavy (non-hydrogen) atoms. The van der Waals surface area contributed by atoms with Crippen molar-refractivity contribution in [1.82, 2.24) is 19.9 Å². The van der Waals surface area contributed by atoms with E-state index in [0.717, 1.165) is 30.2 Å². The third-order valence-corrected chi connectivity index (χ3v) is 4.60. The number of anilines is 1. The molecule has 6 nitrogen and oxygen atoms in total. The Morgan fingerprint density at radius 2 is 1.85 bits per heavy atom. The number of hydrogen-bond acceptors (Lipinski definition) is 4. The van der Waals surface area contributed by atoms with E-state index in [1.165, 1.54) is 12.8 Å². The van der Waals surface area contributed by atoms with Gasteiger partial charge >= 0.3 is 0 Å². The topological polar surface area (TPSA) is 63.1 Å². The Bertz CT molecular complexity index is 867. The zero-order valence-corrected chi connectivity index (χ0v) is 14.5. The molecule has 2 aromatic heterocycles. The fraction of sp³-hybridized carbons (Fsp3) is 0.250. The summed E-state index contributed by atoms with van der Waals surface area (Å²) in [6.07, 6.45) is 7.53. The van der Waals surface area contributed by atoms with Crippen molar-refractivity contribution in [2.45, 2.75) is 19.4 Å². The summed E-state index contributed by atoms with van der Waals surface area (Å²) in [5.74, 6) is 0.856. The number of carbonyl (C=O) groups is 1. The molecular formula is C20H21N5O. The van der Waals surface area contributed by atoms with Crippen molar-refractivity contribution >= 4 is 11.7 Å². The third-order valence-electron chi connectivity index (χ3n) is 4.60. The zero-order valence-electron chi connectivity index (χ0n) is 14.5. The average molecular weight is 347 g/mol. The van der Waals surface area contributed by atoms with E-state index < -0.39 is 0 Å². The Morgan fingerprint density at radius 1 is 1.04 bits per heavy atom. The smallest absolute Gasteiger partial charge is 0.270 e. The minimum absolute atomic E-state index is 0.157. The number of benzene rings is 1. The molecule has 1 amide bonds. The molecule has 1 aliphatic heterocycles. The normalized spacial score (nSPS) is 13.8. The molecule has 0 atom stereocenters. The van der Waals surface area contributed by atoms with Crippen LogP contribution in [-0.4, -0.2) is 33.5 Å². The molecule has 1 fully saturated rings. The number of hydrogen-bond donors (Lipinski definition) is 1. The molecule has 0 aliphatic carbocycles. The van der Waals surface area contributed by atoms with Crippen LogP contribution in [0.3, 0.4) is 0 Å². The molecule has 6 heteroatoms. The van der Waals surface area contributed by atoms with Crippen LogP contribution in [0, 0.1) is 0 Å². The lowest BCUT2D eigenvalue weighted by molar-refractivity contribution is 0.0944. The minimum Gasteiger partial charge on any atom is -0.357 e. The molecule has 0 saturated carbocycles. The predicted octanol–water partition coefficient (Wildman–Crippen LogP) is 2.80. The molecule has 1 saturated heterocycles. The maximum atomic E-state index is 12.5. The highest BCUT2D eigenvalue weighted by molar-refractivity contribution is 5.92. The van der Waals surface area contributed by atoms with Crippen LogP contribution in [0.5, 0.6) is 0 Å². The van der Waals surface area contributed by atoms with Gasteiger partial charge in [0, 0.05) is 31.5 Å². The summed E-state index contributed by atoms with van der Waals surface area (Å²) in [6, 6.07) is 13.8. The van der Waals surface area contributed by atoms with Gasteiger partial charge in [-0.15, -0.1) is 0 Å². The van der Waals surface area contributed by atoms with E-state index in [1.54, 1.807) is 17.1 Å². The number of amides is 1. The van der Waals surface area contributed by atoms with E-state index in [0.29, 0.717) is 12.2 Å². The Hall–Kier alpha value is -3.15. The fourth-order valence-electron chi connectivity index (χ4n) is 3.18. The van der Waals surface area contributed by atoms with Gasteiger partial charge in [-0.05, 0) is 36.6 Å². The number of para-hydroxylation sites is 1. The summed E-state index contributed by atoms with van der Waals surface area (Å²) in [5.41, 5.74) is 2.40. The van der Waals surface area contributed by atoms with Gasteiger partial charge in [-0.2, -0.15) is 0 Å². The van der Waals surface area contributed by atoms with Gasteiger partial charge in [-0.1, -0.05) is 24.3 Å². The summed E-state index contributed by atoms with van der Waals surface area (Å²) in [7, 11) is 0. The van der Waals surface area contributed by atoms with Gasteiger partial charge in [0.1, 0.15) is 11.5 Å². The van der Waals surface area contributed by atoms with Crippen LogP contribution in [0.25, 0.3) is 5.69 Å². The second-order valence-corrected chi connectivity index (χ2v) is 6.39. The van der Waals surface area contributed by atoms with E-state index in [4.69, 9.17) is 0 Å². The maximum Gasteiger partial charge on any atom is 0.270 e. The van der Waals surface area contributed by atoms with Gasteiger partial charge in [0.25, 0.3) is 5.91 Å². The van der Waals surface area contributed by atoms with Gasteiger partial charge in [0.2, 0.25) is 0 Å². The quantitative estimate of drug-likeness (QED) is 0.771. The lowest BCUT2D eigenvalue weighted by atomic mass is 10.2. The van der Waals surface area contributed by atoms with Crippen molar-refractivity contribution in [3.8, 4) is 5.69 Å². The first-order valence-corrected chi connectivity index (χ1v) is 8.87. The first-order valence-electron chi connectivity index (χ1n) is 8.87. The summed E-state index contributed by atoms with van der Waals surface area (Å²) in [6.45, 7) is 2.59. The molecule has 1 N–H and O–H groups in total. The number of carbonyl (C=O) groups excluding carboxylic acids is 1. The zero-order chi connectivity index (χ0) is 17.8. The van der Waals surface area contributed by atoms with E-state index in [-0.39, 0.29) is 5.91 Å². The molecule has 1 aliphatic rings. The van der Waals surface area contributed by atoms with Crippen molar-refractivity contribution in [2.24, 2.45) is 0 Å². The van der Waals surface area contributed by atoms with Crippen LogP contribution in [0.1, 0.15) is 28.9 Å². The summed E-state index contributed by atoms with van der Waals surface area (Å²) < 4.78 is 1.78. The van der Waals surface area contributed by atoms with Crippen molar-refractivity contribution in [2.75, 3.05) is 18.0 Å². The first kappa shape index (κ1) is 16.3. The summed E-state index contributed by atoms with van der Waals surface area (Å²) >= 11 is 0. The van der Waals surface area contributed by atoms with Crippen molar-refractivity contribution < 1.29 is 4.79 Å². The highest BCUT2D eigenvalue weighted by Crippen LogP contribution is 2.17. The van der Waals surface area contributed by atoms with Crippen LogP contribution >= 0.6 is 0 Å². The van der Waals surface area contributed by atoms with Crippen LogP contribution in [-0.2, 0) is 6.54 Å². The van der Waals surface area contributed by atoms with Gasteiger partial charge in [-0.3, -0.25) is 9.36 Å². The van der Waals surface area contributed by atoms with Crippen molar-refractivity contribution in [3.05, 3.63) is 72.4 Å². The highest BCUT2D eigenvalue weighted by atomic mass is 16.1. The van der Waals surface area contributed by atoms with E-state index in [9.17, 15) is 4.79 Å². The molecule has 3 heterocycles. The molecule has 132 valence electrons. The van der Waals surface area contributed by atoms with Crippen LogP contribution < -0.4 is 10.2 Å². The second-order valence-electron chi connectivity index (χ2n) is 6.39. The second kappa shape index (κ2) is 7.39. The molecular weight excluding hydrogens is 326 g/mol. The molecule has 3 aromatic rings. The lowest BCUT2D eigenvalue weighted by Gasteiger charge is -2.16. The summed E-state index contributed by atoms with van der Waals surface area (Å²) in [5, 5.41) is 2.95. The number of rotatable bonds is 5. The highest BCUT2D eigenvalue weighted by Gasteiger charge is 2.14. The summed E-state index contributed by atoms with van der Waals surface area (Å²) in [4.78, 5) is 23.5. The van der Waals surface area contributed by atoms with Gasteiger partial charge in [0.05, 0.1) is 12.5 Å². The van der Waals surface area contributed by atoms with Crippen LogP contribution in [0.4, 0.5) is 5.82 Å². The standard InChI is InChI=1S/C20H21N5O/c26-20(18-14-21-15-25(18)17-6-2-1-3-7-17)23-13-16-8-9-19(22-12-16)24-10-4-5-11-24/h1-3,6-9,12,14-15H,4-5,10-11,13H2,(H,23,26). The molecule has 1 aromatic carbocycles. The minimum atomic E-state index is -0.157. The molecule has 0 unspecified atom stereocenters. The largest absolute Gasteiger partial charge is 0.357 e. The van der Waals surface area contributed by atoms with Crippen molar-refractivity contribution in [1.29, 1.82) is 0 Å². The predicted molar refractivity (Wildman–Crippen MR) is 100 cm³/mol. The third kappa shape index (κ3) is 3.44. The monoisotopic (exact) mass is 347 g/mol. The number of nitrogens with zero attached hydrogens (tertiary/aromatic N) is 4. The van der Waals surface area contributed by atoms with E-state index in [1.807, 2.05) is 48.7 Å². The van der Waals surface area contributed by atoms with Crippen LogP contribution in [0.15, 0.2) is 61.2 Å². The average Bonchev–Trinajstić information content (AvgIpc) is 3.39. The van der Waals surface area contributed by atoms with E-state index in [2.05, 4.69) is 20.2 Å². The molecule has 0 radical (unpaired) electrons. The SMILES string of the molecule is O=C(NCc1ccc(N2CCCC2)nc1)c1cncn1-c1ccccc1. The number of pyridine rings is 1. The van der Waals surface area contributed by atoms with Gasteiger partial charge in [0.15, 0.2) is 0 Å². The number of imidazole rings is 1. The van der Waals surface area contributed by atoms with Gasteiger partial charge in [-0.25, -0.2) is 9.97 Å². The lowest BCUT2D eigenvalue weighted by Crippen LogP contribution is -2.25. The van der Waals surface area contributed by atoms with Crippen molar-refractivity contribution in [3.63, 3.8) is 0 Å². The molecule has 4 rings (SSSR count). The Morgan fingerprint density at radius 3 is 2.58 bits per heavy atom. The Kier molecular flexibility index (Phi) is 4.64. The van der Waals surface area contributed by atoms with Crippen LogP contribution in [0.2, 0.25) is 0 Å². The fourth-order valence-corrected chi connectivity index (χ4v) is 3.18. The van der Waals surface area contributed by atoms with Gasteiger partial charge < -0.3 is 10.2 Å². The first-order chi connectivity index (χ1) is 12.8. The molecule has 0 spiro atoms.